The second kappa shape index (κ2) is 10.4. The van der Waals surface area contributed by atoms with Crippen molar-refractivity contribution < 1.29 is 23.5 Å². The number of amides is 2. The molecular weight excluding hydrogens is 504 g/mol. The van der Waals surface area contributed by atoms with E-state index < -0.39 is 11.7 Å². The van der Waals surface area contributed by atoms with Gasteiger partial charge in [0.1, 0.15) is 0 Å². The quantitative estimate of drug-likeness (QED) is 0.265. The number of hydrogen-bond donors (Lipinski definition) is 0. The standard InChI is InChI=1S/C23H16Cl2FN3O4S/c1-2-32-18-9-14(5-8-17(18)33-20-16(26)11-27-22(25)28-20)10-19-21(30)29(23(31)34-19)12-13-3-6-15(24)7-4-13/h3-11H,2,12H2,1H3/b19-10+. The van der Waals surface area contributed by atoms with Crippen LogP contribution >= 0.6 is 35.0 Å². The zero-order valence-electron chi connectivity index (χ0n) is 17.6. The lowest BCUT2D eigenvalue weighted by atomic mass is 10.1. The van der Waals surface area contributed by atoms with Gasteiger partial charge < -0.3 is 9.47 Å². The summed E-state index contributed by atoms with van der Waals surface area (Å²) in [6, 6.07) is 11.7. The molecule has 1 aromatic heterocycles. The van der Waals surface area contributed by atoms with Gasteiger partial charge >= 0.3 is 0 Å². The van der Waals surface area contributed by atoms with Crippen LogP contribution in [0.3, 0.4) is 0 Å². The lowest BCUT2D eigenvalue weighted by Crippen LogP contribution is -2.27. The average molecular weight is 520 g/mol. The first kappa shape index (κ1) is 24.0. The van der Waals surface area contributed by atoms with Gasteiger partial charge in [0.05, 0.1) is 24.3 Å². The molecule has 0 saturated carbocycles. The number of carbonyl (C=O) groups is 2. The highest BCUT2D eigenvalue weighted by Gasteiger charge is 2.35. The fourth-order valence-electron chi connectivity index (χ4n) is 3.03. The molecule has 0 unspecified atom stereocenters. The first-order chi connectivity index (χ1) is 16.3. The van der Waals surface area contributed by atoms with E-state index in [1.165, 1.54) is 4.90 Å². The van der Waals surface area contributed by atoms with Crippen LogP contribution in [0, 0.1) is 5.82 Å². The highest BCUT2D eigenvalue weighted by atomic mass is 35.5. The lowest BCUT2D eigenvalue weighted by Gasteiger charge is -2.13. The third-order valence-corrected chi connectivity index (χ3v) is 5.92. The van der Waals surface area contributed by atoms with Crippen LogP contribution in [0.4, 0.5) is 9.18 Å². The molecule has 1 aliphatic heterocycles. The molecule has 0 radical (unpaired) electrons. The molecule has 1 fully saturated rings. The number of rotatable bonds is 7. The molecule has 7 nitrogen and oxygen atoms in total. The first-order valence-electron chi connectivity index (χ1n) is 9.96. The molecule has 0 N–H and O–H groups in total. The van der Waals surface area contributed by atoms with E-state index in [2.05, 4.69) is 9.97 Å². The number of imide groups is 1. The maximum Gasteiger partial charge on any atom is 0.293 e. The number of thioether (sulfide) groups is 1. The molecule has 0 bridgehead atoms. The van der Waals surface area contributed by atoms with Crippen molar-refractivity contribution in [3.8, 4) is 17.4 Å². The van der Waals surface area contributed by atoms with E-state index in [4.69, 9.17) is 32.7 Å². The summed E-state index contributed by atoms with van der Waals surface area (Å²) in [5.41, 5.74) is 1.37. The predicted octanol–water partition coefficient (Wildman–Crippen LogP) is 6.35. The van der Waals surface area contributed by atoms with E-state index in [9.17, 15) is 14.0 Å². The van der Waals surface area contributed by atoms with Crippen molar-refractivity contribution in [3.63, 3.8) is 0 Å². The van der Waals surface area contributed by atoms with Gasteiger partial charge in [-0.2, -0.15) is 9.37 Å². The first-order valence-corrected chi connectivity index (χ1v) is 11.5. The summed E-state index contributed by atoms with van der Waals surface area (Å²) in [5.74, 6) is -1.04. The fourth-order valence-corrected chi connectivity index (χ4v) is 4.12. The highest BCUT2D eigenvalue weighted by Crippen LogP contribution is 2.37. The van der Waals surface area contributed by atoms with E-state index in [0.717, 1.165) is 23.5 Å². The van der Waals surface area contributed by atoms with Gasteiger partial charge in [-0.05, 0) is 71.8 Å². The predicted molar refractivity (Wildman–Crippen MR) is 128 cm³/mol. The van der Waals surface area contributed by atoms with Gasteiger partial charge in [-0.3, -0.25) is 14.5 Å². The Labute approximate surface area is 208 Å². The van der Waals surface area contributed by atoms with Gasteiger partial charge in [0.15, 0.2) is 11.5 Å². The largest absolute Gasteiger partial charge is 0.490 e. The maximum atomic E-state index is 14.0. The van der Waals surface area contributed by atoms with Crippen LogP contribution in [0.2, 0.25) is 10.3 Å². The van der Waals surface area contributed by atoms with Crippen molar-refractivity contribution in [3.05, 3.63) is 80.8 Å². The Balaban J connectivity index is 1.56. The zero-order chi connectivity index (χ0) is 24.2. The Morgan fingerprint density at radius 2 is 1.88 bits per heavy atom. The van der Waals surface area contributed by atoms with E-state index >= 15 is 0 Å². The number of hydrogen-bond acceptors (Lipinski definition) is 7. The lowest BCUT2D eigenvalue weighted by molar-refractivity contribution is -0.123. The molecule has 1 aliphatic rings. The summed E-state index contributed by atoms with van der Waals surface area (Å²) in [6.45, 7) is 2.23. The molecule has 3 aromatic rings. The number of benzene rings is 2. The Hall–Kier alpha value is -3.14. The minimum atomic E-state index is -0.787. The summed E-state index contributed by atoms with van der Waals surface area (Å²) in [7, 11) is 0. The second-order valence-electron chi connectivity index (χ2n) is 6.93. The maximum absolute atomic E-state index is 14.0. The van der Waals surface area contributed by atoms with E-state index in [1.807, 2.05) is 0 Å². The molecule has 2 amide bonds. The normalized spacial score (nSPS) is 14.7. The van der Waals surface area contributed by atoms with E-state index in [1.54, 1.807) is 55.5 Å². The Morgan fingerprint density at radius 3 is 2.62 bits per heavy atom. The number of halogens is 3. The minimum Gasteiger partial charge on any atom is -0.490 e. The van der Waals surface area contributed by atoms with Crippen LogP contribution in [-0.4, -0.2) is 32.6 Å². The third kappa shape index (κ3) is 5.49. The summed E-state index contributed by atoms with van der Waals surface area (Å²) in [5, 5.41) is 0.0356. The molecule has 2 heterocycles. The molecule has 4 rings (SSSR count). The SMILES string of the molecule is CCOc1cc(/C=C2/SC(=O)N(Cc3ccc(Cl)cc3)C2=O)ccc1Oc1nc(Cl)ncc1F. The summed E-state index contributed by atoms with van der Waals surface area (Å²) < 4.78 is 25.1. The van der Waals surface area contributed by atoms with Crippen molar-refractivity contribution >= 4 is 52.2 Å². The van der Waals surface area contributed by atoms with Crippen molar-refractivity contribution in [2.24, 2.45) is 0 Å². The molecule has 11 heteroatoms. The Morgan fingerprint density at radius 1 is 1.12 bits per heavy atom. The Kier molecular flexibility index (Phi) is 7.35. The second-order valence-corrected chi connectivity index (χ2v) is 8.70. The molecule has 0 aliphatic carbocycles. The van der Waals surface area contributed by atoms with Gasteiger partial charge in [0, 0.05) is 5.02 Å². The Bertz CT molecular complexity index is 1290. The number of carbonyl (C=O) groups excluding carboxylic acids is 2. The molecule has 0 atom stereocenters. The van der Waals surface area contributed by atoms with Crippen LogP contribution in [0.1, 0.15) is 18.1 Å². The number of aromatic nitrogens is 2. The van der Waals surface area contributed by atoms with Gasteiger partial charge in [0.2, 0.25) is 11.1 Å². The minimum absolute atomic E-state index is 0.142. The average Bonchev–Trinajstić information content (AvgIpc) is 3.07. The van der Waals surface area contributed by atoms with Crippen molar-refractivity contribution in [1.82, 2.24) is 14.9 Å². The van der Waals surface area contributed by atoms with Crippen LogP contribution in [-0.2, 0) is 11.3 Å². The van der Waals surface area contributed by atoms with Gasteiger partial charge in [-0.1, -0.05) is 29.8 Å². The van der Waals surface area contributed by atoms with Gasteiger partial charge in [-0.15, -0.1) is 0 Å². The van der Waals surface area contributed by atoms with Gasteiger partial charge in [-0.25, -0.2) is 4.98 Å². The molecule has 2 aromatic carbocycles. The van der Waals surface area contributed by atoms with E-state index in [-0.39, 0.29) is 33.6 Å². The monoisotopic (exact) mass is 519 g/mol. The van der Waals surface area contributed by atoms with Crippen LogP contribution in [0.25, 0.3) is 6.08 Å². The molecule has 0 spiro atoms. The van der Waals surface area contributed by atoms with Crippen molar-refractivity contribution in [1.29, 1.82) is 0 Å². The van der Waals surface area contributed by atoms with Crippen molar-refractivity contribution in [2.45, 2.75) is 13.5 Å². The number of nitrogens with zero attached hydrogens (tertiary/aromatic N) is 3. The molecular formula is C23H16Cl2FN3O4S. The molecule has 34 heavy (non-hydrogen) atoms. The zero-order valence-corrected chi connectivity index (χ0v) is 20.0. The molecule has 174 valence electrons. The summed E-state index contributed by atoms with van der Waals surface area (Å²) >= 11 is 12.5. The van der Waals surface area contributed by atoms with Crippen molar-refractivity contribution in [2.75, 3.05) is 6.61 Å². The van der Waals surface area contributed by atoms with Crippen LogP contribution in [0.5, 0.6) is 17.4 Å². The summed E-state index contributed by atoms with van der Waals surface area (Å²) in [4.78, 5) is 34.0. The summed E-state index contributed by atoms with van der Waals surface area (Å²) in [6.07, 6.45) is 2.49. The third-order valence-electron chi connectivity index (χ3n) is 4.58. The highest BCUT2D eigenvalue weighted by molar-refractivity contribution is 8.18. The topological polar surface area (TPSA) is 81.6 Å². The van der Waals surface area contributed by atoms with E-state index in [0.29, 0.717) is 22.9 Å². The fraction of sp³-hybridized carbons (Fsp3) is 0.130. The smallest absolute Gasteiger partial charge is 0.293 e. The van der Waals surface area contributed by atoms with Crippen LogP contribution < -0.4 is 9.47 Å². The van der Waals surface area contributed by atoms with Gasteiger partial charge in [0.25, 0.3) is 17.0 Å². The number of ether oxygens (including phenoxy) is 2. The molecule has 1 saturated heterocycles. The van der Waals surface area contributed by atoms with Crippen LogP contribution in [0.15, 0.2) is 53.6 Å².